The Hall–Kier alpha value is -3.54. The van der Waals surface area contributed by atoms with E-state index >= 15 is 0 Å². The highest BCUT2D eigenvalue weighted by atomic mass is 127. The molecule has 160 valence electrons. The fourth-order valence-corrected chi connectivity index (χ4v) is 4.06. The van der Waals surface area contributed by atoms with Crippen LogP contribution in [0.5, 0.6) is 5.75 Å². The molecule has 0 saturated carbocycles. The Morgan fingerprint density at radius 3 is 2.75 bits per heavy atom. The first-order valence-corrected chi connectivity index (χ1v) is 10.8. The highest BCUT2D eigenvalue weighted by Gasteiger charge is 2.35. The number of benzene rings is 2. The summed E-state index contributed by atoms with van der Waals surface area (Å²) in [6, 6.07) is 13.8. The maximum atomic E-state index is 12.4. The van der Waals surface area contributed by atoms with Crippen molar-refractivity contribution in [3.8, 4) is 5.75 Å². The first kappa shape index (κ1) is 20.4. The van der Waals surface area contributed by atoms with Crippen molar-refractivity contribution in [1.82, 2.24) is 15.0 Å². The minimum atomic E-state index is -0.541. The number of aromatic nitrogens is 3. The van der Waals surface area contributed by atoms with Gasteiger partial charge in [0.1, 0.15) is 23.6 Å². The largest absolute Gasteiger partial charge is 0.486 e. The van der Waals surface area contributed by atoms with E-state index in [1.54, 1.807) is 41.2 Å². The van der Waals surface area contributed by atoms with Crippen LogP contribution in [0.3, 0.4) is 0 Å². The molecule has 2 aromatic heterocycles. The summed E-state index contributed by atoms with van der Waals surface area (Å²) in [4.78, 5) is 37.8. The third-order valence-corrected chi connectivity index (χ3v) is 5.73. The number of amides is 1. The van der Waals surface area contributed by atoms with E-state index in [0.717, 1.165) is 3.57 Å². The molecule has 4 aromatic rings. The Bertz CT molecular complexity index is 1430. The number of ketones is 1. The summed E-state index contributed by atoms with van der Waals surface area (Å²) in [5.74, 6) is -0.634. The minimum absolute atomic E-state index is 0.107. The number of hydrogen-bond donors (Lipinski definition) is 0. The second-order valence-electron chi connectivity index (χ2n) is 7.13. The molecule has 0 fully saturated rings. The number of halogens is 1. The van der Waals surface area contributed by atoms with Gasteiger partial charge in [-0.1, -0.05) is 17.3 Å². The predicted molar refractivity (Wildman–Crippen MR) is 123 cm³/mol. The van der Waals surface area contributed by atoms with E-state index in [1.807, 2.05) is 12.1 Å². The van der Waals surface area contributed by atoms with Gasteiger partial charge in [-0.3, -0.25) is 14.3 Å². The maximum absolute atomic E-state index is 12.4. The number of rotatable bonds is 6. The van der Waals surface area contributed by atoms with Gasteiger partial charge in [-0.05, 0) is 52.9 Å². The lowest BCUT2D eigenvalue weighted by atomic mass is 10.1. The standard InChI is InChI=1S/C22H15IN4O5/c23-13-5-6-17-16(9-13)21(29)22(30)27(17)8-7-26-11-14(24-25-26)12-31-19-10-20(28)32-18-4-2-1-3-15(18)19/h1-6,9-11H,7-8,12H2. The number of nitrogens with zero attached hydrogens (tertiary/aromatic N) is 4. The fraction of sp³-hybridized carbons (Fsp3) is 0.136. The van der Waals surface area contributed by atoms with Crippen molar-refractivity contribution in [2.45, 2.75) is 13.2 Å². The monoisotopic (exact) mass is 542 g/mol. The molecule has 1 aliphatic heterocycles. The highest BCUT2D eigenvalue weighted by molar-refractivity contribution is 14.1. The Labute approximate surface area is 194 Å². The SMILES string of the molecule is O=C1C(=O)N(CCn2cc(COc3cc(=O)oc4ccccc34)nn2)c2ccc(I)cc21. The molecule has 5 rings (SSSR count). The number of carbonyl (C=O) groups is 2. The van der Waals surface area contributed by atoms with Gasteiger partial charge >= 0.3 is 5.63 Å². The Morgan fingerprint density at radius 1 is 1.03 bits per heavy atom. The van der Waals surface area contributed by atoms with Crippen LogP contribution in [0, 0.1) is 3.57 Å². The summed E-state index contributed by atoms with van der Waals surface area (Å²) in [7, 11) is 0. The van der Waals surface area contributed by atoms with Gasteiger partial charge in [-0.15, -0.1) is 5.10 Å². The predicted octanol–water partition coefficient (Wildman–Crippen LogP) is 2.80. The van der Waals surface area contributed by atoms with E-state index in [2.05, 4.69) is 32.9 Å². The Morgan fingerprint density at radius 2 is 1.88 bits per heavy atom. The highest BCUT2D eigenvalue weighted by Crippen LogP contribution is 2.30. The molecule has 0 radical (unpaired) electrons. The molecule has 0 aliphatic carbocycles. The van der Waals surface area contributed by atoms with Gasteiger partial charge in [0.2, 0.25) is 0 Å². The third kappa shape index (κ3) is 3.77. The maximum Gasteiger partial charge on any atom is 0.339 e. The summed E-state index contributed by atoms with van der Waals surface area (Å²) in [5.41, 5.74) is 1.54. The van der Waals surface area contributed by atoms with Gasteiger partial charge in [0.15, 0.2) is 0 Å². The van der Waals surface area contributed by atoms with E-state index in [9.17, 15) is 14.4 Å². The molecule has 9 nitrogen and oxygen atoms in total. The number of hydrogen-bond acceptors (Lipinski definition) is 7. The zero-order valence-electron chi connectivity index (χ0n) is 16.5. The van der Waals surface area contributed by atoms with E-state index in [-0.39, 0.29) is 13.2 Å². The molecule has 0 spiro atoms. The molecule has 1 amide bonds. The molecule has 0 saturated heterocycles. The first-order valence-electron chi connectivity index (χ1n) is 9.70. The molecule has 0 atom stereocenters. The quantitative estimate of drug-likeness (QED) is 0.210. The number of ether oxygens (including phenoxy) is 1. The van der Waals surface area contributed by atoms with Crippen LogP contribution in [0.4, 0.5) is 5.69 Å². The second kappa shape index (κ2) is 8.19. The molecule has 1 aliphatic rings. The lowest BCUT2D eigenvalue weighted by Gasteiger charge is -2.16. The smallest absolute Gasteiger partial charge is 0.339 e. The van der Waals surface area contributed by atoms with Crippen LogP contribution in [0.1, 0.15) is 16.1 Å². The molecule has 0 bridgehead atoms. The van der Waals surface area contributed by atoms with Crippen molar-refractivity contribution in [3.63, 3.8) is 0 Å². The molecular weight excluding hydrogens is 527 g/mol. The number of fused-ring (bicyclic) bond motifs is 2. The summed E-state index contributed by atoms with van der Waals surface area (Å²) in [5, 5.41) is 8.83. The lowest BCUT2D eigenvalue weighted by molar-refractivity contribution is -0.114. The lowest BCUT2D eigenvalue weighted by Crippen LogP contribution is -2.32. The molecule has 2 aromatic carbocycles. The van der Waals surface area contributed by atoms with Gasteiger partial charge in [-0.25, -0.2) is 4.79 Å². The normalized spacial score (nSPS) is 13.1. The molecule has 3 heterocycles. The Balaban J connectivity index is 1.26. The summed E-state index contributed by atoms with van der Waals surface area (Å²) in [6.07, 6.45) is 1.70. The summed E-state index contributed by atoms with van der Waals surface area (Å²) >= 11 is 2.11. The van der Waals surface area contributed by atoms with Gasteiger partial charge < -0.3 is 14.1 Å². The third-order valence-electron chi connectivity index (χ3n) is 5.06. The van der Waals surface area contributed by atoms with E-state index in [0.29, 0.717) is 40.2 Å². The van der Waals surface area contributed by atoms with Crippen LogP contribution in [0.25, 0.3) is 11.0 Å². The van der Waals surface area contributed by atoms with E-state index in [1.165, 1.54) is 11.0 Å². The average molecular weight is 542 g/mol. The molecule has 0 unspecified atom stereocenters. The van der Waals surface area contributed by atoms with Crippen molar-refractivity contribution >= 4 is 50.9 Å². The number of anilines is 1. The molecular formula is C22H15IN4O5. The fourth-order valence-electron chi connectivity index (χ4n) is 3.56. The van der Waals surface area contributed by atoms with Crippen LogP contribution in [-0.4, -0.2) is 33.2 Å². The molecule has 0 N–H and O–H groups in total. The van der Waals surface area contributed by atoms with Gasteiger partial charge in [0, 0.05) is 10.1 Å². The topological polar surface area (TPSA) is 108 Å². The van der Waals surface area contributed by atoms with Gasteiger partial charge in [-0.2, -0.15) is 0 Å². The summed E-state index contributed by atoms with van der Waals surface area (Å²) < 4.78 is 13.4. The number of Topliss-reactive ketones (excluding diaryl/α,β-unsaturated/α-hetero) is 1. The summed E-state index contributed by atoms with van der Waals surface area (Å²) in [6.45, 7) is 0.747. The van der Waals surface area contributed by atoms with E-state index < -0.39 is 17.3 Å². The van der Waals surface area contributed by atoms with Crippen LogP contribution < -0.4 is 15.3 Å². The van der Waals surface area contributed by atoms with Gasteiger partial charge in [0.25, 0.3) is 11.7 Å². The van der Waals surface area contributed by atoms with E-state index in [4.69, 9.17) is 9.15 Å². The minimum Gasteiger partial charge on any atom is -0.486 e. The van der Waals surface area contributed by atoms with Crippen molar-refractivity contribution in [3.05, 3.63) is 80.0 Å². The second-order valence-corrected chi connectivity index (χ2v) is 8.38. The van der Waals surface area contributed by atoms with Crippen molar-refractivity contribution in [2.24, 2.45) is 0 Å². The van der Waals surface area contributed by atoms with Crippen LogP contribution in [0.15, 0.2) is 63.9 Å². The first-order chi connectivity index (χ1) is 15.5. The zero-order valence-corrected chi connectivity index (χ0v) is 18.7. The van der Waals surface area contributed by atoms with Crippen molar-refractivity contribution in [1.29, 1.82) is 0 Å². The van der Waals surface area contributed by atoms with Crippen molar-refractivity contribution < 1.29 is 18.7 Å². The molecule has 32 heavy (non-hydrogen) atoms. The van der Waals surface area contributed by atoms with Crippen LogP contribution in [-0.2, 0) is 17.9 Å². The van der Waals surface area contributed by atoms with Crippen LogP contribution in [0.2, 0.25) is 0 Å². The number of para-hydroxylation sites is 1. The van der Waals surface area contributed by atoms with Crippen LogP contribution >= 0.6 is 22.6 Å². The van der Waals surface area contributed by atoms with Crippen molar-refractivity contribution in [2.75, 3.05) is 11.4 Å². The molecule has 10 heteroatoms. The zero-order chi connectivity index (χ0) is 22.2. The Kier molecular flexibility index (Phi) is 5.21. The number of carbonyl (C=O) groups excluding carboxylic acids is 2. The van der Waals surface area contributed by atoms with Gasteiger partial charge in [0.05, 0.1) is 35.4 Å². The average Bonchev–Trinajstić information content (AvgIpc) is 3.33.